The van der Waals surface area contributed by atoms with Crippen LogP contribution in [-0.4, -0.2) is 48.5 Å². The Balaban J connectivity index is 2.90. The molecular weight excluding hydrogens is 240 g/mol. The molecule has 1 heterocycles. The summed E-state index contributed by atoms with van der Waals surface area (Å²) in [5, 5.41) is 0.596. The Kier molecular flexibility index (Phi) is 4.09. The van der Waals surface area contributed by atoms with E-state index < -0.39 is 14.5 Å². The van der Waals surface area contributed by atoms with Gasteiger partial charge in [0.25, 0.3) is 5.91 Å². The summed E-state index contributed by atoms with van der Waals surface area (Å²) in [5.74, 6) is -0.0169. The molecule has 1 fully saturated rings. The van der Waals surface area contributed by atoms with E-state index in [2.05, 4.69) is 19.6 Å². The highest BCUT2D eigenvalue weighted by Gasteiger charge is 2.43. The molecule has 1 aliphatic heterocycles. The molecule has 6 heteroatoms. The average Bonchev–Trinajstić information content (AvgIpc) is 2.36. The maximum absolute atomic E-state index is 12.1. The van der Waals surface area contributed by atoms with Gasteiger partial charge in [0, 0.05) is 13.1 Å². The molecule has 4 nitrogen and oxygen atoms in total. The lowest BCUT2D eigenvalue weighted by atomic mass is 10.5. The van der Waals surface area contributed by atoms with Crippen LogP contribution in [0.1, 0.15) is 13.8 Å². The second kappa shape index (κ2) is 4.81. The first-order valence-corrected chi connectivity index (χ1v) is 9.43. The number of carbonyl (C=O) groups excluding carboxylic acids is 1. The minimum absolute atomic E-state index is 0.0169. The highest BCUT2D eigenvalue weighted by molar-refractivity contribution is 7.80. The molecule has 92 valence electrons. The molecule has 0 aliphatic carbocycles. The van der Waals surface area contributed by atoms with Crippen molar-refractivity contribution in [2.45, 2.75) is 39.7 Å². The Labute approximate surface area is 104 Å². The van der Waals surface area contributed by atoms with Crippen molar-refractivity contribution in [3.05, 3.63) is 0 Å². The number of hydrogen-bond acceptors (Lipinski definition) is 3. The molecule has 1 saturated heterocycles. The fourth-order valence-electron chi connectivity index (χ4n) is 1.66. The van der Waals surface area contributed by atoms with Crippen molar-refractivity contribution in [3.8, 4) is 0 Å². The van der Waals surface area contributed by atoms with Crippen LogP contribution in [-0.2, 0) is 9.22 Å². The van der Waals surface area contributed by atoms with Gasteiger partial charge in [-0.1, -0.05) is 0 Å². The SMILES string of the molecule is CCN1C(=O)C(O[Si](C)(C)C)N(CC)C1=S. The van der Waals surface area contributed by atoms with Crippen LogP contribution in [0.25, 0.3) is 0 Å². The minimum atomic E-state index is -1.74. The first-order valence-electron chi connectivity index (χ1n) is 5.61. The van der Waals surface area contributed by atoms with Crippen LogP contribution in [0.2, 0.25) is 19.6 Å². The van der Waals surface area contributed by atoms with Crippen LogP contribution < -0.4 is 0 Å². The summed E-state index contributed by atoms with van der Waals surface area (Å²) in [4.78, 5) is 15.6. The Morgan fingerprint density at radius 1 is 1.31 bits per heavy atom. The summed E-state index contributed by atoms with van der Waals surface area (Å²) in [6.07, 6.45) is -0.496. The lowest BCUT2D eigenvalue weighted by molar-refractivity contribution is -0.135. The van der Waals surface area contributed by atoms with Crippen molar-refractivity contribution < 1.29 is 9.22 Å². The van der Waals surface area contributed by atoms with Gasteiger partial charge in [-0.05, 0) is 45.7 Å². The summed E-state index contributed by atoms with van der Waals surface area (Å²) in [6.45, 7) is 11.5. The van der Waals surface area contributed by atoms with Gasteiger partial charge in [0.2, 0.25) is 6.23 Å². The number of carbonyl (C=O) groups is 1. The molecule has 0 aromatic rings. The molecule has 1 amide bonds. The highest BCUT2D eigenvalue weighted by atomic mass is 32.1. The normalized spacial score (nSPS) is 22.2. The third-order valence-corrected chi connectivity index (χ3v) is 3.74. The van der Waals surface area contributed by atoms with E-state index in [1.807, 2.05) is 18.7 Å². The molecule has 0 bridgehead atoms. The molecule has 0 saturated carbocycles. The largest absolute Gasteiger partial charge is 0.391 e. The molecule has 0 N–H and O–H groups in total. The Morgan fingerprint density at radius 3 is 2.25 bits per heavy atom. The van der Waals surface area contributed by atoms with Gasteiger partial charge in [0.15, 0.2) is 13.4 Å². The number of thiocarbonyl (C=S) groups is 1. The van der Waals surface area contributed by atoms with Crippen molar-refractivity contribution >= 4 is 31.6 Å². The van der Waals surface area contributed by atoms with Gasteiger partial charge in [0.05, 0.1) is 0 Å². The molecule has 0 aromatic heterocycles. The summed E-state index contributed by atoms with van der Waals surface area (Å²) in [7, 11) is -1.74. The van der Waals surface area contributed by atoms with Gasteiger partial charge in [-0.25, -0.2) is 0 Å². The lowest BCUT2D eigenvalue weighted by Gasteiger charge is -2.27. The number of nitrogens with zero attached hydrogens (tertiary/aromatic N) is 2. The minimum Gasteiger partial charge on any atom is -0.391 e. The van der Waals surface area contributed by atoms with E-state index in [4.69, 9.17) is 16.6 Å². The molecule has 0 spiro atoms. The van der Waals surface area contributed by atoms with E-state index in [1.54, 1.807) is 4.90 Å². The topological polar surface area (TPSA) is 32.8 Å². The zero-order chi connectivity index (χ0) is 12.5. The molecule has 16 heavy (non-hydrogen) atoms. The monoisotopic (exact) mass is 260 g/mol. The van der Waals surface area contributed by atoms with Crippen LogP contribution in [0.15, 0.2) is 0 Å². The van der Waals surface area contributed by atoms with E-state index in [-0.39, 0.29) is 5.91 Å². The van der Waals surface area contributed by atoms with E-state index in [1.165, 1.54) is 0 Å². The van der Waals surface area contributed by atoms with E-state index in [0.29, 0.717) is 18.2 Å². The fraction of sp³-hybridized carbons (Fsp3) is 0.800. The third kappa shape index (κ3) is 2.61. The van der Waals surface area contributed by atoms with Crippen LogP contribution in [0.4, 0.5) is 0 Å². The predicted molar refractivity (Wildman–Crippen MR) is 70.6 cm³/mol. The van der Waals surface area contributed by atoms with Gasteiger partial charge in [-0.15, -0.1) is 0 Å². The maximum Gasteiger partial charge on any atom is 0.278 e. The van der Waals surface area contributed by atoms with Crippen molar-refractivity contribution in [1.29, 1.82) is 0 Å². The van der Waals surface area contributed by atoms with E-state index in [9.17, 15) is 4.79 Å². The van der Waals surface area contributed by atoms with Gasteiger partial charge >= 0.3 is 0 Å². The van der Waals surface area contributed by atoms with Crippen LogP contribution in [0, 0.1) is 0 Å². The molecular formula is C10H20N2O2SSi. The average molecular weight is 260 g/mol. The summed E-state index contributed by atoms with van der Waals surface area (Å²) >= 11 is 5.27. The standard InChI is InChI=1S/C10H20N2O2SSi/c1-6-11-8(13)9(14-16(3,4)5)12(7-2)10(11)15/h9H,6-7H2,1-5H3. The highest BCUT2D eigenvalue weighted by Crippen LogP contribution is 2.21. The lowest BCUT2D eigenvalue weighted by Crippen LogP contribution is -2.44. The van der Waals surface area contributed by atoms with Crippen LogP contribution in [0.5, 0.6) is 0 Å². The summed E-state index contributed by atoms with van der Waals surface area (Å²) in [5.41, 5.74) is 0. The van der Waals surface area contributed by atoms with Crippen LogP contribution in [0.3, 0.4) is 0 Å². The molecule has 1 rings (SSSR count). The van der Waals surface area contributed by atoms with Crippen molar-refractivity contribution in [1.82, 2.24) is 9.80 Å². The molecule has 0 aromatic carbocycles. The van der Waals surface area contributed by atoms with Gasteiger partial charge in [0.1, 0.15) is 0 Å². The molecule has 1 atom stereocenters. The Morgan fingerprint density at radius 2 is 1.88 bits per heavy atom. The van der Waals surface area contributed by atoms with Gasteiger partial charge in [-0.2, -0.15) is 0 Å². The second-order valence-electron chi connectivity index (χ2n) is 4.73. The van der Waals surface area contributed by atoms with Gasteiger partial charge in [-0.3, -0.25) is 9.69 Å². The smallest absolute Gasteiger partial charge is 0.278 e. The second-order valence-corrected chi connectivity index (χ2v) is 9.56. The van der Waals surface area contributed by atoms with Crippen molar-refractivity contribution in [2.75, 3.05) is 13.1 Å². The summed E-state index contributed by atoms with van der Waals surface area (Å²) < 4.78 is 5.90. The number of likely N-dealkylation sites (N-methyl/N-ethyl adjacent to an activating group) is 2. The maximum atomic E-state index is 12.1. The zero-order valence-electron chi connectivity index (χ0n) is 10.6. The first-order chi connectivity index (χ1) is 7.31. The first kappa shape index (κ1) is 13.6. The van der Waals surface area contributed by atoms with E-state index >= 15 is 0 Å². The molecule has 1 unspecified atom stereocenters. The third-order valence-electron chi connectivity index (χ3n) is 2.36. The number of rotatable bonds is 4. The molecule has 0 radical (unpaired) electrons. The van der Waals surface area contributed by atoms with Gasteiger partial charge < -0.3 is 9.33 Å². The fourth-order valence-corrected chi connectivity index (χ4v) is 3.00. The van der Waals surface area contributed by atoms with Crippen LogP contribution >= 0.6 is 12.2 Å². The zero-order valence-corrected chi connectivity index (χ0v) is 12.4. The number of hydrogen-bond donors (Lipinski definition) is 0. The summed E-state index contributed by atoms with van der Waals surface area (Å²) in [6, 6.07) is 0. The Hall–Kier alpha value is -0.463. The molecule has 1 aliphatic rings. The van der Waals surface area contributed by atoms with Crippen molar-refractivity contribution in [2.24, 2.45) is 0 Å². The van der Waals surface area contributed by atoms with E-state index in [0.717, 1.165) is 0 Å². The quantitative estimate of drug-likeness (QED) is 0.568. The van der Waals surface area contributed by atoms with Crippen molar-refractivity contribution in [3.63, 3.8) is 0 Å². The predicted octanol–water partition coefficient (Wildman–Crippen LogP) is 1.63. The Bertz CT molecular complexity index is 304. The number of amides is 1.